The third-order valence-corrected chi connectivity index (χ3v) is 5.73. The van der Waals surface area contributed by atoms with Gasteiger partial charge < -0.3 is 35.4 Å². The van der Waals surface area contributed by atoms with E-state index >= 15 is 0 Å². The highest BCUT2D eigenvalue weighted by atomic mass is 16.5. The molecule has 2 saturated heterocycles. The summed E-state index contributed by atoms with van der Waals surface area (Å²) in [6.45, 7) is 1.21. The van der Waals surface area contributed by atoms with Crippen molar-refractivity contribution in [2.75, 3.05) is 48.0 Å². The summed E-state index contributed by atoms with van der Waals surface area (Å²) >= 11 is 0. The summed E-state index contributed by atoms with van der Waals surface area (Å²) < 4.78 is 10.6. The van der Waals surface area contributed by atoms with Crippen molar-refractivity contribution in [3.8, 4) is 0 Å². The molecular formula is C24H27N5O6. The number of nitrogens with two attached hydrogens (primary N) is 1. The highest BCUT2D eigenvalue weighted by molar-refractivity contribution is 6.04. The lowest BCUT2D eigenvalue weighted by atomic mass is 10.1. The average Bonchev–Trinajstić information content (AvgIpc) is 2.85. The fourth-order valence-electron chi connectivity index (χ4n) is 3.99. The normalized spacial score (nSPS) is 19.4. The Labute approximate surface area is 201 Å². The van der Waals surface area contributed by atoms with Crippen LogP contribution in [0.3, 0.4) is 0 Å². The molecule has 0 spiro atoms. The molecule has 2 heterocycles. The Balaban J connectivity index is 1.44. The van der Waals surface area contributed by atoms with Gasteiger partial charge in [0.15, 0.2) is 12.2 Å². The minimum atomic E-state index is -1.73. The summed E-state index contributed by atoms with van der Waals surface area (Å²) in [5, 5.41) is 20.5. The van der Waals surface area contributed by atoms with Crippen molar-refractivity contribution in [1.29, 1.82) is 5.41 Å². The number of amides is 3. The second-order valence-corrected chi connectivity index (χ2v) is 8.23. The van der Waals surface area contributed by atoms with Crippen LogP contribution in [0.25, 0.3) is 0 Å². The van der Waals surface area contributed by atoms with Crippen molar-refractivity contribution in [3.63, 3.8) is 0 Å². The lowest BCUT2D eigenvalue weighted by Crippen LogP contribution is -2.55. The van der Waals surface area contributed by atoms with Crippen LogP contribution in [0, 0.1) is 5.41 Å². The summed E-state index contributed by atoms with van der Waals surface area (Å²) in [5.74, 6) is -1.48. The molecule has 0 radical (unpaired) electrons. The molecule has 35 heavy (non-hydrogen) atoms. The van der Waals surface area contributed by atoms with E-state index in [1.807, 2.05) is 0 Å². The van der Waals surface area contributed by atoms with Crippen LogP contribution in [-0.2, 0) is 30.3 Å². The number of carbonyl (C=O) groups is 3. The smallest absolute Gasteiger partial charge is 0.259 e. The number of ether oxygens (including phenoxy) is 2. The number of nitrogens with zero attached hydrogens (tertiary/aromatic N) is 2. The van der Waals surface area contributed by atoms with Crippen LogP contribution in [0.5, 0.6) is 0 Å². The SMILES string of the molecule is N=C(N)Cc1ccc(NC(=O)[C@H](O)[C@H]2OCCN(c3cccc(N4CCOCC4=O)c3)C2=O)cc1. The molecule has 0 aliphatic carbocycles. The number of morpholine rings is 2. The minimum absolute atomic E-state index is 0.00352. The molecule has 2 aromatic rings. The summed E-state index contributed by atoms with van der Waals surface area (Å²) in [6.07, 6.45) is -2.82. The molecule has 2 fully saturated rings. The van der Waals surface area contributed by atoms with Gasteiger partial charge in [0.25, 0.3) is 17.7 Å². The van der Waals surface area contributed by atoms with Gasteiger partial charge in [-0.15, -0.1) is 0 Å². The van der Waals surface area contributed by atoms with E-state index in [0.717, 1.165) is 5.56 Å². The first-order chi connectivity index (χ1) is 16.8. The van der Waals surface area contributed by atoms with Gasteiger partial charge in [-0.05, 0) is 35.9 Å². The van der Waals surface area contributed by atoms with Crippen LogP contribution >= 0.6 is 0 Å². The molecule has 2 aromatic carbocycles. The van der Waals surface area contributed by atoms with Crippen LogP contribution in [0.1, 0.15) is 5.56 Å². The van der Waals surface area contributed by atoms with Gasteiger partial charge in [0.05, 0.1) is 19.0 Å². The number of hydrogen-bond acceptors (Lipinski definition) is 7. The van der Waals surface area contributed by atoms with Crippen LogP contribution in [-0.4, -0.2) is 73.8 Å². The molecule has 11 nitrogen and oxygen atoms in total. The molecule has 4 rings (SSSR count). The second-order valence-electron chi connectivity index (χ2n) is 8.23. The summed E-state index contributed by atoms with van der Waals surface area (Å²) in [5.41, 5.74) is 7.79. The first-order valence-electron chi connectivity index (χ1n) is 11.2. The van der Waals surface area contributed by atoms with Crippen molar-refractivity contribution in [2.24, 2.45) is 5.73 Å². The van der Waals surface area contributed by atoms with E-state index in [1.54, 1.807) is 53.4 Å². The number of anilines is 3. The zero-order chi connectivity index (χ0) is 24.9. The van der Waals surface area contributed by atoms with Crippen LogP contribution in [0.15, 0.2) is 48.5 Å². The Hall–Kier alpha value is -3.80. The first-order valence-corrected chi connectivity index (χ1v) is 11.2. The van der Waals surface area contributed by atoms with E-state index in [2.05, 4.69) is 5.32 Å². The van der Waals surface area contributed by atoms with Gasteiger partial charge in [0.1, 0.15) is 6.61 Å². The summed E-state index contributed by atoms with van der Waals surface area (Å²) in [4.78, 5) is 41.0. The standard InChI is InChI=1S/C24H27N5O6/c25-19(26)12-15-4-6-16(7-5-15)27-23(32)21(31)22-24(33)29(9-11-35-22)18-3-1-2-17(13-18)28-8-10-34-14-20(28)30/h1-7,13,21-22,31H,8-12,14H2,(H3,25,26)(H,27,32)/t21-,22-/m1/s1. The Kier molecular flexibility index (Phi) is 7.39. The van der Waals surface area contributed by atoms with Gasteiger partial charge in [-0.1, -0.05) is 18.2 Å². The fraction of sp³-hybridized carbons (Fsp3) is 0.333. The second kappa shape index (κ2) is 10.6. The number of rotatable bonds is 7. The maximum Gasteiger partial charge on any atom is 0.259 e. The zero-order valence-electron chi connectivity index (χ0n) is 19.0. The fourth-order valence-corrected chi connectivity index (χ4v) is 3.99. The predicted molar refractivity (Wildman–Crippen MR) is 128 cm³/mol. The van der Waals surface area contributed by atoms with Gasteiger partial charge in [-0.3, -0.25) is 19.8 Å². The van der Waals surface area contributed by atoms with Gasteiger partial charge in [0.2, 0.25) is 0 Å². The maximum atomic E-state index is 13.2. The molecule has 0 aromatic heterocycles. The van der Waals surface area contributed by atoms with E-state index in [-0.39, 0.29) is 37.9 Å². The number of hydrogen-bond donors (Lipinski definition) is 4. The van der Waals surface area contributed by atoms with E-state index in [0.29, 0.717) is 30.2 Å². The summed E-state index contributed by atoms with van der Waals surface area (Å²) in [7, 11) is 0. The molecule has 5 N–H and O–H groups in total. The monoisotopic (exact) mass is 481 g/mol. The van der Waals surface area contributed by atoms with Crippen molar-refractivity contribution >= 4 is 40.6 Å². The highest BCUT2D eigenvalue weighted by Gasteiger charge is 2.39. The third kappa shape index (κ3) is 5.65. The van der Waals surface area contributed by atoms with Gasteiger partial charge >= 0.3 is 0 Å². The minimum Gasteiger partial charge on any atom is -0.387 e. The van der Waals surface area contributed by atoms with Crippen LogP contribution in [0.2, 0.25) is 0 Å². The van der Waals surface area contributed by atoms with E-state index in [1.165, 1.54) is 4.90 Å². The molecular weight excluding hydrogens is 454 g/mol. The summed E-state index contributed by atoms with van der Waals surface area (Å²) in [6, 6.07) is 13.6. The van der Waals surface area contributed by atoms with Crippen molar-refractivity contribution in [2.45, 2.75) is 18.6 Å². The number of aliphatic hydroxyl groups excluding tert-OH is 1. The topological polar surface area (TPSA) is 158 Å². The van der Waals surface area contributed by atoms with Gasteiger partial charge in [-0.2, -0.15) is 0 Å². The van der Waals surface area contributed by atoms with Crippen molar-refractivity contribution in [3.05, 3.63) is 54.1 Å². The maximum absolute atomic E-state index is 13.2. The van der Waals surface area contributed by atoms with E-state index in [9.17, 15) is 19.5 Å². The van der Waals surface area contributed by atoms with Gasteiger partial charge in [-0.25, -0.2) is 0 Å². The molecule has 184 valence electrons. The number of amidine groups is 1. The quantitative estimate of drug-likeness (QED) is 0.326. The van der Waals surface area contributed by atoms with Crippen LogP contribution in [0.4, 0.5) is 17.1 Å². The lowest BCUT2D eigenvalue weighted by Gasteiger charge is -2.35. The molecule has 11 heteroatoms. The zero-order valence-corrected chi connectivity index (χ0v) is 19.0. The van der Waals surface area contributed by atoms with Crippen molar-refractivity contribution < 1.29 is 29.0 Å². The Morgan fingerprint density at radius 3 is 2.49 bits per heavy atom. The third-order valence-electron chi connectivity index (χ3n) is 5.73. The predicted octanol–water partition coefficient (Wildman–Crippen LogP) is 0.260. The Morgan fingerprint density at radius 2 is 1.80 bits per heavy atom. The first kappa shape index (κ1) is 24.3. The lowest BCUT2D eigenvalue weighted by molar-refractivity contribution is -0.150. The molecule has 0 saturated carbocycles. The molecule has 0 bridgehead atoms. The Bertz CT molecular complexity index is 1120. The molecule has 2 aliphatic heterocycles. The average molecular weight is 482 g/mol. The molecule has 2 atom stereocenters. The Morgan fingerprint density at radius 1 is 1.11 bits per heavy atom. The molecule has 3 amide bonds. The highest BCUT2D eigenvalue weighted by Crippen LogP contribution is 2.26. The van der Waals surface area contributed by atoms with Crippen molar-refractivity contribution in [1.82, 2.24) is 0 Å². The molecule has 2 aliphatic rings. The largest absolute Gasteiger partial charge is 0.387 e. The van der Waals surface area contributed by atoms with E-state index in [4.69, 9.17) is 20.6 Å². The van der Waals surface area contributed by atoms with Gasteiger partial charge in [0, 0.05) is 36.6 Å². The number of benzene rings is 2. The van der Waals surface area contributed by atoms with E-state index < -0.39 is 24.0 Å². The number of nitrogens with one attached hydrogen (secondary N) is 2. The number of aliphatic hydroxyl groups is 1. The molecule has 0 unspecified atom stereocenters. The number of carbonyl (C=O) groups excluding carboxylic acids is 3. The van der Waals surface area contributed by atoms with Crippen LogP contribution < -0.4 is 20.9 Å².